The van der Waals surface area contributed by atoms with Gasteiger partial charge in [0.1, 0.15) is 11.2 Å². The maximum absolute atomic E-state index is 12.0. The Morgan fingerprint density at radius 3 is 2.47 bits per heavy atom. The zero-order valence-electron chi connectivity index (χ0n) is 12.5. The van der Waals surface area contributed by atoms with Gasteiger partial charge < -0.3 is 14.4 Å². The van der Waals surface area contributed by atoms with Crippen molar-refractivity contribution in [3.63, 3.8) is 0 Å². The third-order valence-electron chi connectivity index (χ3n) is 3.74. The summed E-state index contributed by atoms with van der Waals surface area (Å²) in [5.41, 5.74) is -0.468. The van der Waals surface area contributed by atoms with E-state index in [4.69, 9.17) is 9.47 Å². The van der Waals surface area contributed by atoms with Crippen molar-refractivity contribution in [1.29, 1.82) is 0 Å². The van der Waals surface area contributed by atoms with E-state index in [1.165, 1.54) is 0 Å². The number of carbonyl (C=O) groups is 1. The van der Waals surface area contributed by atoms with Crippen molar-refractivity contribution in [2.24, 2.45) is 0 Å². The van der Waals surface area contributed by atoms with Gasteiger partial charge >= 0.3 is 6.09 Å². The molecule has 0 unspecified atom stereocenters. The highest BCUT2D eigenvalue weighted by atomic mass is 16.6. The lowest BCUT2D eigenvalue weighted by Gasteiger charge is -2.43. The molecule has 2 aliphatic heterocycles. The molecule has 0 aromatic heterocycles. The Hall–Kier alpha value is -1.19. The molecule has 0 aromatic carbocycles. The molecular formula is C15H25NO3. The highest BCUT2D eigenvalue weighted by molar-refractivity contribution is 5.68. The second-order valence-corrected chi connectivity index (χ2v) is 6.61. The van der Waals surface area contributed by atoms with Crippen LogP contribution >= 0.6 is 0 Å². The molecule has 0 N–H and O–H groups in total. The molecule has 0 aliphatic carbocycles. The Balaban J connectivity index is 1.89. The summed E-state index contributed by atoms with van der Waals surface area (Å²) >= 11 is 0. The molecule has 0 aromatic rings. The molecule has 108 valence electrons. The maximum atomic E-state index is 12.0. The van der Waals surface area contributed by atoms with E-state index in [1.54, 1.807) is 4.90 Å². The summed E-state index contributed by atoms with van der Waals surface area (Å²) in [6.07, 6.45) is 5.89. The van der Waals surface area contributed by atoms with Crippen LogP contribution in [0.5, 0.6) is 0 Å². The molecule has 4 heteroatoms. The smallest absolute Gasteiger partial charge is 0.410 e. The molecule has 1 saturated heterocycles. The summed E-state index contributed by atoms with van der Waals surface area (Å²) in [7, 11) is 0. The maximum Gasteiger partial charge on any atom is 0.410 e. The highest BCUT2D eigenvalue weighted by Gasteiger charge is 2.39. The van der Waals surface area contributed by atoms with Crippen molar-refractivity contribution in [3.8, 4) is 0 Å². The number of carbonyl (C=O) groups excluding carboxylic acids is 1. The SMILES string of the molecule is CC1=CCCC2(CCN(C(=O)OC(C)(C)C)CC2)O1. The van der Waals surface area contributed by atoms with Crippen LogP contribution in [0.3, 0.4) is 0 Å². The van der Waals surface area contributed by atoms with Gasteiger partial charge in [-0.15, -0.1) is 0 Å². The van der Waals surface area contributed by atoms with Gasteiger partial charge in [-0.05, 0) is 46.6 Å². The predicted octanol–water partition coefficient (Wildman–Crippen LogP) is 3.47. The molecule has 1 fully saturated rings. The van der Waals surface area contributed by atoms with Gasteiger partial charge in [0.25, 0.3) is 0 Å². The molecule has 2 heterocycles. The van der Waals surface area contributed by atoms with Gasteiger partial charge in [-0.3, -0.25) is 0 Å². The van der Waals surface area contributed by atoms with Gasteiger partial charge in [-0.25, -0.2) is 4.79 Å². The first-order chi connectivity index (χ1) is 8.80. The molecule has 0 radical (unpaired) electrons. The van der Waals surface area contributed by atoms with Crippen LogP contribution in [0.4, 0.5) is 4.79 Å². The van der Waals surface area contributed by atoms with Gasteiger partial charge in [0, 0.05) is 25.9 Å². The standard InChI is InChI=1S/C15H25NO3/c1-12-6-5-7-15(18-12)8-10-16(11-9-15)13(17)19-14(2,3)4/h6H,5,7-11H2,1-4H3. The van der Waals surface area contributed by atoms with E-state index in [-0.39, 0.29) is 11.7 Å². The lowest BCUT2D eigenvalue weighted by Crippen LogP contribution is -2.49. The van der Waals surface area contributed by atoms with E-state index in [9.17, 15) is 4.79 Å². The first-order valence-electron chi connectivity index (χ1n) is 7.13. The summed E-state index contributed by atoms with van der Waals surface area (Å²) in [4.78, 5) is 13.8. The Labute approximate surface area is 115 Å². The topological polar surface area (TPSA) is 38.8 Å². The Kier molecular flexibility index (Phi) is 3.79. The predicted molar refractivity (Wildman–Crippen MR) is 73.8 cm³/mol. The van der Waals surface area contributed by atoms with Crippen molar-refractivity contribution >= 4 is 6.09 Å². The summed E-state index contributed by atoms with van der Waals surface area (Å²) in [6.45, 7) is 9.16. The summed E-state index contributed by atoms with van der Waals surface area (Å²) in [5, 5.41) is 0. The fourth-order valence-electron chi connectivity index (χ4n) is 2.75. The lowest BCUT2D eigenvalue weighted by molar-refractivity contribution is -0.0632. The molecule has 0 bridgehead atoms. The first kappa shape index (κ1) is 14.2. The molecule has 19 heavy (non-hydrogen) atoms. The molecular weight excluding hydrogens is 242 g/mol. The Morgan fingerprint density at radius 1 is 1.32 bits per heavy atom. The van der Waals surface area contributed by atoms with Crippen molar-refractivity contribution in [2.75, 3.05) is 13.1 Å². The Morgan fingerprint density at radius 2 is 1.95 bits per heavy atom. The number of amides is 1. The van der Waals surface area contributed by atoms with E-state index in [0.717, 1.165) is 44.5 Å². The zero-order valence-corrected chi connectivity index (χ0v) is 12.5. The number of hydrogen-bond acceptors (Lipinski definition) is 3. The van der Waals surface area contributed by atoms with Crippen LogP contribution in [0, 0.1) is 0 Å². The first-order valence-corrected chi connectivity index (χ1v) is 7.13. The second-order valence-electron chi connectivity index (χ2n) is 6.61. The summed E-state index contributed by atoms with van der Waals surface area (Å²) in [5.74, 6) is 1.02. The summed E-state index contributed by atoms with van der Waals surface area (Å²) in [6, 6.07) is 0. The van der Waals surface area contributed by atoms with Crippen LogP contribution in [0.15, 0.2) is 11.8 Å². The van der Waals surface area contributed by atoms with Crippen LogP contribution in [0.2, 0.25) is 0 Å². The average molecular weight is 267 g/mol. The molecule has 0 atom stereocenters. The van der Waals surface area contributed by atoms with Crippen molar-refractivity contribution < 1.29 is 14.3 Å². The minimum absolute atomic E-state index is 0.0443. The monoisotopic (exact) mass is 267 g/mol. The molecule has 2 rings (SSSR count). The van der Waals surface area contributed by atoms with Crippen LogP contribution in [0.1, 0.15) is 53.4 Å². The third kappa shape index (κ3) is 3.64. The number of nitrogens with zero attached hydrogens (tertiary/aromatic N) is 1. The van der Waals surface area contributed by atoms with Crippen LogP contribution in [0.25, 0.3) is 0 Å². The number of allylic oxidation sites excluding steroid dienone is 2. The normalized spacial score (nSPS) is 22.7. The lowest BCUT2D eigenvalue weighted by atomic mass is 9.85. The van der Waals surface area contributed by atoms with Gasteiger partial charge in [0.05, 0.1) is 5.76 Å². The van der Waals surface area contributed by atoms with Gasteiger partial charge in [-0.2, -0.15) is 0 Å². The molecule has 1 amide bonds. The number of ether oxygens (including phenoxy) is 2. The van der Waals surface area contributed by atoms with Crippen molar-refractivity contribution in [1.82, 2.24) is 4.90 Å². The van der Waals surface area contributed by atoms with E-state index in [1.807, 2.05) is 27.7 Å². The molecule has 4 nitrogen and oxygen atoms in total. The second kappa shape index (κ2) is 5.06. The van der Waals surface area contributed by atoms with Crippen molar-refractivity contribution in [2.45, 2.75) is 64.6 Å². The molecule has 0 saturated carbocycles. The van der Waals surface area contributed by atoms with Gasteiger partial charge in [0.15, 0.2) is 0 Å². The van der Waals surface area contributed by atoms with Gasteiger partial charge in [0.2, 0.25) is 0 Å². The molecule has 1 spiro atoms. The summed E-state index contributed by atoms with van der Waals surface area (Å²) < 4.78 is 11.4. The number of piperidine rings is 1. The van der Waals surface area contributed by atoms with Crippen LogP contribution < -0.4 is 0 Å². The van der Waals surface area contributed by atoms with Crippen LogP contribution in [-0.4, -0.2) is 35.3 Å². The quantitative estimate of drug-likeness (QED) is 0.674. The third-order valence-corrected chi connectivity index (χ3v) is 3.74. The van der Waals surface area contributed by atoms with Gasteiger partial charge in [-0.1, -0.05) is 0 Å². The highest BCUT2D eigenvalue weighted by Crippen LogP contribution is 2.36. The number of rotatable bonds is 0. The van der Waals surface area contributed by atoms with Crippen molar-refractivity contribution in [3.05, 3.63) is 11.8 Å². The number of hydrogen-bond donors (Lipinski definition) is 0. The van der Waals surface area contributed by atoms with E-state index in [0.29, 0.717) is 0 Å². The largest absolute Gasteiger partial charge is 0.492 e. The van der Waals surface area contributed by atoms with E-state index < -0.39 is 5.60 Å². The minimum atomic E-state index is -0.424. The fraction of sp³-hybridized carbons (Fsp3) is 0.800. The van der Waals surface area contributed by atoms with E-state index in [2.05, 4.69) is 6.08 Å². The fourth-order valence-corrected chi connectivity index (χ4v) is 2.75. The van der Waals surface area contributed by atoms with Crippen LogP contribution in [-0.2, 0) is 9.47 Å². The van der Waals surface area contributed by atoms with E-state index >= 15 is 0 Å². The molecule has 2 aliphatic rings. The minimum Gasteiger partial charge on any atom is -0.492 e. The average Bonchev–Trinajstić information content (AvgIpc) is 2.27. The Bertz CT molecular complexity index is 373. The zero-order chi connectivity index (χ0) is 14.1. The number of likely N-dealkylation sites (tertiary alicyclic amines) is 1.